The number of hydrogen-bond donors (Lipinski definition) is 1. The number of nitrogens with zero attached hydrogens (tertiary/aromatic N) is 3. The van der Waals surface area contributed by atoms with Gasteiger partial charge in [-0.25, -0.2) is 8.42 Å². The smallest absolute Gasteiger partial charge is 0.224 e. The van der Waals surface area contributed by atoms with Gasteiger partial charge >= 0.3 is 0 Å². The van der Waals surface area contributed by atoms with Gasteiger partial charge < -0.3 is 5.32 Å². The molecule has 1 heterocycles. The molecule has 0 saturated heterocycles. The van der Waals surface area contributed by atoms with Gasteiger partial charge in [-0.2, -0.15) is 0 Å². The molecular weight excluding hydrogens is 252 g/mol. The first kappa shape index (κ1) is 12.6. The van der Waals surface area contributed by atoms with Gasteiger partial charge in [0.15, 0.2) is 15.7 Å². The minimum atomic E-state index is -3.17. The second kappa shape index (κ2) is 4.41. The summed E-state index contributed by atoms with van der Waals surface area (Å²) in [6, 6.07) is 6.58. The van der Waals surface area contributed by atoms with Crippen molar-refractivity contribution in [3.8, 4) is 11.4 Å². The van der Waals surface area contributed by atoms with Crippen LogP contribution in [0.15, 0.2) is 29.2 Å². The van der Waals surface area contributed by atoms with Gasteiger partial charge in [0.25, 0.3) is 0 Å². The number of hydrogen-bond acceptors (Lipinski definition) is 5. The molecule has 6 nitrogen and oxygen atoms in total. The van der Waals surface area contributed by atoms with Crippen molar-refractivity contribution >= 4 is 15.8 Å². The fraction of sp³-hybridized carbons (Fsp3) is 0.273. The van der Waals surface area contributed by atoms with Crippen LogP contribution in [0, 0.1) is 0 Å². The Morgan fingerprint density at radius 1 is 1.17 bits per heavy atom. The maximum Gasteiger partial charge on any atom is 0.224 e. The molecule has 18 heavy (non-hydrogen) atoms. The Kier molecular flexibility index (Phi) is 3.08. The molecule has 0 fully saturated rings. The number of rotatable bonds is 3. The molecule has 0 radical (unpaired) electrons. The lowest BCUT2D eigenvalue weighted by atomic mass is 10.2. The third-order valence-corrected chi connectivity index (χ3v) is 3.77. The Morgan fingerprint density at radius 3 is 2.22 bits per heavy atom. The number of aromatic nitrogens is 3. The lowest BCUT2D eigenvalue weighted by molar-refractivity contribution is 0.602. The Balaban J connectivity index is 2.43. The molecule has 0 unspecified atom stereocenters. The van der Waals surface area contributed by atoms with Crippen LogP contribution in [0.1, 0.15) is 0 Å². The van der Waals surface area contributed by atoms with Gasteiger partial charge in [0.05, 0.1) is 4.90 Å². The lowest BCUT2D eigenvalue weighted by Crippen LogP contribution is -2.00. The average molecular weight is 266 g/mol. The summed E-state index contributed by atoms with van der Waals surface area (Å²) in [7, 11) is 0.437. The van der Waals surface area contributed by atoms with Crippen LogP contribution in [-0.2, 0) is 16.9 Å². The summed E-state index contributed by atoms with van der Waals surface area (Å²) < 4.78 is 24.5. The molecule has 0 amide bonds. The van der Waals surface area contributed by atoms with E-state index in [2.05, 4.69) is 15.5 Å². The van der Waals surface area contributed by atoms with Crippen LogP contribution in [0.25, 0.3) is 11.4 Å². The van der Waals surface area contributed by atoms with E-state index >= 15 is 0 Å². The van der Waals surface area contributed by atoms with E-state index in [4.69, 9.17) is 0 Å². The van der Waals surface area contributed by atoms with Crippen molar-refractivity contribution in [3.63, 3.8) is 0 Å². The van der Waals surface area contributed by atoms with Crippen LogP contribution in [0.4, 0.5) is 5.95 Å². The first-order valence-corrected chi connectivity index (χ1v) is 7.20. The van der Waals surface area contributed by atoms with Gasteiger partial charge in [0.2, 0.25) is 5.95 Å². The SMILES string of the molecule is CNc1nnc(-c2ccc(S(C)(=O)=O)cc2)n1C. The highest BCUT2D eigenvalue weighted by molar-refractivity contribution is 7.90. The molecule has 96 valence electrons. The fourth-order valence-electron chi connectivity index (χ4n) is 1.65. The van der Waals surface area contributed by atoms with Crippen LogP contribution in [0.5, 0.6) is 0 Å². The molecule has 1 N–H and O–H groups in total. The Hall–Kier alpha value is -1.89. The van der Waals surface area contributed by atoms with Gasteiger partial charge in [-0.1, -0.05) is 0 Å². The molecule has 7 heteroatoms. The van der Waals surface area contributed by atoms with Crippen molar-refractivity contribution in [1.29, 1.82) is 0 Å². The molecule has 1 aromatic heterocycles. The van der Waals surface area contributed by atoms with E-state index in [9.17, 15) is 8.42 Å². The molecule has 0 aliphatic carbocycles. The Bertz CT molecular complexity index is 659. The third-order valence-electron chi connectivity index (χ3n) is 2.64. The van der Waals surface area contributed by atoms with Gasteiger partial charge in [-0.3, -0.25) is 4.57 Å². The summed E-state index contributed by atoms with van der Waals surface area (Å²) in [6.45, 7) is 0. The number of anilines is 1. The third kappa shape index (κ3) is 2.21. The summed E-state index contributed by atoms with van der Waals surface area (Å²) in [5.41, 5.74) is 0.818. The first-order chi connectivity index (χ1) is 8.43. The molecule has 0 aliphatic rings. The Labute approximate surface area is 106 Å². The van der Waals surface area contributed by atoms with Crippen LogP contribution >= 0.6 is 0 Å². The normalized spacial score (nSPS) is 11.5. The summed E-state index contributed by atoms with van der Waals surface area (Å²) in [4.78, 5) is 0.294. The van der Waals surface area contributed by atoms with E-state index in [0.29, 0.717) is 16.7 Å². The summed E-state index contributed by atoms with van der Waals surface area (Å²) in [5.74, 6) is 1.33. The summed E-state index contributed by atoms with van der Waals surface area (Å²) in [6.07, 6.45) is 1.18. The maximum atomic E-state index is 11.4. The first-order valence-electron chi connectivity index (χ1n) is 5.31. The molecular formula is C11H14N4O2S. The molecule has 0 atom stereocenters. The fourth-order valence-corrected chi connectivity index (χ4v) is 2.28. The summed E-state index contributed by atoms with van der Waals surface area (Å²) >= 11 is 0. The van der Waals surface area contributed by atoms with Gasteiger partial charge in [0.1, 0.15) is 0 Å². The highest BCUT2D eigenvalue weighted by Crippen LogP contribution is 2.20. The molecule has 2 rings (SSSR count). The maximum absolute atomic E-state index is 11.4. The minimum Gasteiger partial charge on any atom is -0.357 e. The van der Waals surface area contributed by atoms with E-state index in [1.165, 1.54) is 6.26 Å². The molecule has 0 aliphatic heterocycles. The van der Waals surface area contributed by atoms with Gasteiger partial charge in [-0.15, -0.1) is 10.2 Å². The van der Waals surface area contributed by atoms with Crippen molar-refractivity contribution in [2.75, 3.05) is 18.6 Å². The second-order valence-corrected chi connectivity index (χ2v) is 5.97. The van der Waals surface area contributed by atoms with Crippen LogP contribution in [0.2, 0.25) is 0 Å². The zero-order chi connectivity index (χ0) is 13.3. The summed E-state index contributed by atoms with van der Waals surface area (Å²) in [5, 5.41) is 10.9. The van der Waals surface area contributed by atoms with E-state index < -0.39 is 9.84 Å². The van der Waals surface area contributed by atoms with Crippen molar-refractivity contribution in [2.45, 2.75) is 4.90 Å². The van der Waals surface area contributed by atoms with Crippen molar-refractivity contribution < 1.29 is 8.42 Å². The van der Waals surface area contributed by atoms with Crippen LogP contribution in [0.3, 0.4) is 0 Å². The van der Waals surface area contributed by atoms with E-state index in [0.717, 1.165) is 5.56 Å². The zero-order valence-corrected chi connectivity index (χ0v) is 11.2. The highest BCUT2D eigenvalue weighted by Gasteiger charge is 2.11. The Morgan fingerprint density at radius 2 is 1.78 bits per heavy atom. The second-order valence-electron chi connectivity index (χ2n) is 3.95. The zero-order valence-electron chi connectivity index (χ0n) is 10.4. The predicted molar refractivity (Wildman–Crippen MR) is 69.1 cm³/mol. The van der Waals surface area contributed by atoms with Crippen molar-refractivity contribution in [1.82, 2.24) is 14.8 Å². The number of benzene rings is 1. The highest BCUT2D eigenvalue weighted by atomic mass is 32.2. The van der Waals surface area contributed by atoms with Gasteiger partial charge in [0, 0.05) is 25.9 Å². The van der Waals surface area contributed by atoms with E-state index in [-0.39, 0.29) is 0 Å². The van der Waals surface area contributed by atoms with Crippen LogP contribution in [-0.4, -0.2) is 36.5 Å². The monoisotopic (exact) mass is 266 g/mol. The number of sulfone groups is 1. The standard InChI is InChI=1S/C11H14N4O2S/c1-12-11-14-13-10(15(11)2)8-4-6-9(7-5-8)18(3,16)17/h4-7H,1-3H3,(H,12,14). The van der Waals surface area contributed by atoms with Crippen molar-refractivity contribution in [2.24, 2.45) is 7.05 Å². The molecule has 1 aromatic carbocycles. The van der Waals surface area contributed by atoms with E-state index in [1.54, 1.807) is 35.9 Å². The predicted octanol–water partition coefficient (Wildman–Crippen LogP) is 0.927. The van der Waals surface area contributed by atoms with Gasteiger partial charge in [-0.05, 0) is 24.3 Å². The topological polar surface area (TPSA) is 76.9 Å². The molecule has 2 aromatic rings. The molecule has 0 bridgehead atoms. The van der Waals surface area contributed by atoms with E-state index in [1.807, 2.05) is 7.05 Å². The quantitative estimate of drug-likeness (QED) is 0.894. The lowest BCUT2D eigenvalue weighted by Gasteiger charge is -2.04. The number of nitrogens with one attached hydrogen (secondary N) is 1. The molecule has 0 saturated carbocycles. The molecule has 0 spiro atoms. The average Bonchev–Trinajstić information content (AvgIpc) is 2.69. The van der Waals surface area contributed by atoms with Crippen molar-refractivity contribution in [3.05, 3.63) is 24.3 Å². The largest absolute Gasteiger partial charge is 0.357 e. The van der Waals surface area contributed by atoms with Crippen LogP contribution < -0.4 is 5.32 Å². The minimum absolute atomic E-state index is 0.294.